The van der Waals surface area contributed by atoms with Crippen LogP contribution in [-0.2, 0) is 19.6 Å². The smallest absolute Gasteiger partial charge is 0.255 e. The van der Waals surface area contributed by atoms with E-state index in [9.17, 15) is 22.8 Å². The predicted octanol–water partition coefficient (Wildman–Crippen LogP) is 0.345. The lowest BCUT2D eigenvalue weighted by atomic mass is 10.0. The van der Waals surface area contributed by atoms with Crippen molar-refractivity contribution >= 4 is 27.7 Å². The highest BCUT2D eigenvalue weighted by molar-refractivity contribution is 7.88. The van der Waals surface area contributed by atoms with Crippen molar-refractivity contribution in [3.8, 4) is 0 Å². The molecular weight excluding hydrogens is 420 g/mol. The summed E-state index contributed by atoms with van der Waals surface area (Å²) in [5.74, 6) is -0.670. The minimum Gasteiger partial charge on any atom is -0.345 e. The Morgan fingerprint density at radius 1 is 1.13 bits per heavy atom. The van der Waals surface area contributed by atoms with Gasteiger partial charge in [0.15, 0.2) is 0 Å². The van der Waals surface area contributed by atoms with Crippen molar-refractivity contribution in [3.05, 3.63) is 35.4 Å². The maximum absolute atomic E-state index is 13.0. The van der Waals surface area contributed by atoms with Crippen LogP contribution in [-0.4, -0.2) is 85.3 Å². The molecule has 1 saturated carbocycles. The topological polar surface area (TPSA) is 107 Å². The second-order valence-electron chi connectivity index (χ2n) is 8.54. The summed E-state index contributed by atoms with van der Waals surface area (Å²) in [7, 11) is -1.71. The minimum atomic E-state index is -3.27. The molecule has 1 aromatic carbocycles. The minimum absolute atomic E-state index is 0.0808. The van der Waals surface area contributed by atoms with E-state index >= 15 is 0 Å². The van der Waals surface area contributed by atoms with Gasteiger partial charge in [0, 0.05) is 37.8 Å². The lowest BCUT2D eigenvalue weighted by molar-refractivity contribution is -0.135. The van der Waals surface area contributed by atoms with Gasteiger partial charge in [0.05, 0.1) is 12.8 Å². The summed E-state index contributed by atoms with van der Waals surface area (Å²) in [5, 5.41) is 2.72. The van der Waals surface area contributed by atoms with Crippen LogP contribution in [0.15, 0.2) is 24.3 Å². The highest BCUT2D eigenvalue weighted by Crippen LogP contribution is 2.41. The first-order valence-corrected chi connectivity index (χ1v) is 12.4. The number of nitrogens with zero attached hydrogens (tertiary/aromatic N) is 3. The Kier molecular flexibility index (Phi) is 5.78. The van der Waals surface area contributed by atoms with Gasteiger partial charge < -0.3 is 15.1 Å². The number of sulfonamides is 1. The van der Waals surface area contributed by atoms with Crippen LogP contribution >= 0.6 is 0 Å². The summed E-state index contributed by atoms with van der Waals surface area (Å²) < 4.78 is 24.8. The SMILES string of the molecule is CN(C1CCN(C(=O)CNC(=O)C2c3ccccc3C(=O)N2C2CC2)CC1)S(C)(=O)=O. The Balaban J connectivity index is 1.35. The molecule has 31 heavy (non-hydrogen) atoms. The van der Waals surface area contributed by atoms with Crippen LogP contribution in [0.2, 0.25) is 0 Å². The highest BCUT2D eigenvalue weighted by Gasteiger charge is 2.47. The summed E-state index contributed by atoms with van der Waals surface area (Å²) >= 11 is 0. The van der Waals surface area contributed by atoms with Gasteiger partial charge >= 0.3 is 0 Å². The third kappa shape index (κ3) is 4.31. The van der Waals surface area contributed by atoms with E-state index in [2.05, 4.69) is 5.32 Å². The molecule has 2 fully saturated rings. The third-order valence-electron chi connectivity index (χ3n) is 6.46. The molecule has 1 N–H and O–H groups in total. The first kappa shape index (κ1) is 21.8. The van der Waals surface area contributed by atoms with Crippen molar-refractivity contribution in [2.45, 2.75) is 43.8 Å². The molecule has 1 aliphatic carbocycles. The molecule has 1 aromatic rings. The summed E-state index contributed by atoms with van der Waals surface area (Å²) in [6.45, 7) is 0.743. The number of piperidine rings is 1. The van der Waals surface area contributed by atoms with Gasteiger partial charge in [-0.05, 0) is 37.3 Å². The van der Waals surface area contributed by atoms with Gasteiger partial charge in [-0.2, -0.15) is 0 Å². The highest BCUT2D eigenvalue weighted by atomic mass is 32.2. The van der Waals surface area contributed by atoms with Crippen molar-refractivity contribution < 1.29 is 22.8 Å². The van der Waals surface area contributed by atoms with Crippen molar-refractivity contribution in [3.63, 3.8) is 0 Å². The largest absolute Gasteiger partial charge is 0.345 e. The average Bonchev–Trinajstić information content (AvgIpc) is 3.54. The van der Waals surface area contributed by atoms with Crippen LogP contribution in [0, 0.1) is 0 Å². The van der Waals surface area contributed by atoms with E-state index in [0.29, 0.717) is 37.1 Å². The molecule has 2 aliphatic heterocycles. The number of amides is 3. The molecule has 3 aliphatic rings. The van der Waals surface area contributed by atoms with Crippen LogP contribution in [0.1, 0.15) is 47.6 Å². The second-order valence-corrected chi connectivity index (χ2v) is 10.6. The number of hydrogen-bond donors (Lipinski definition) is 1. The van der Waals surface area contributed by atoms with Crippen molar-refractivity contribution in [2.75, 3.05) is 32.9 Å². The molecule has 0 aromatic heterocycles. The average molecular weight is 449 g/mol. The van der Waals surface area contributed by atoms with Crippen LogP contribution in [0.5, 0.6) is 0 Å². The lowest BCUT2D eigenvalue weighted by Gasteiger charge is -2.35. The van der Waals surface area contributed by atoms with E-state index in [4.69, 9.17) is 0 Å². The fourth-order valence-electron chi connectivity index (χ4n) is 4.45. The van der Waals surface area contributed by atoms with E-state index in [1.807, 2.05) is 6.07 Å². The number of likely N-dealkylation sites (tertiary alicyclic amines) is 1. The Hall–Kier alpha value is -2.46. The third-order valence-corrected chi connectivity index (χ3v) is 7.80. The van der Waals surface area contributed by atoms with Gasteiger partial charge in [-0.3, -0.25) is 14.4 Å². The van der Waals surface area contributed by atoms with Crippen molar-refractivity contribution in [1.82, 2.24) is 19.4 Å². The zero-order valence-corrected chi connectivity index (χ0v) is 18.6. The van der Waals surface area contributed by atoms with E-state index < -0.39 is 16.1 Å². The predicted molar refractivity (Wildman–Crippen MR) is 114 cm³/mol. The number of benzene rings is 1. The van der Waals surface area contributed by atoms with Crippen LogP contribution < -0.4 is 5.32 Å². The lowest BCUT2D eigenvalue weighted by Crippen LogP contribution is -2.50. The van der Waals surface area contributed by atoms with Crippen molar-refractivity contribution in [1.29, 1.82) is 0 Å². The Morgan fingerprint density at radius 3 is 2.39 bits per heavy atom. The monoisotopic (exact) mass is 448 g/mol. The number of fused-ring (bicyclic) bond motifs is 1. The summed E-state index contributed by atoms with van der Waals surface area (Å²) in [6, 6.07) is 6.40. The van der Waals surface area contributed by atoms with Gasteiger partial charge in [-0.1, -0.05) is 18.2 Å². The van der Waals surface area contributed by atoms with Crippen LogP contribution in [0.4, 0.5) is 0 Å². The molecule has 1 unspecified atom stereocenters. The molecule has 9 nitrogen and oxygen atoms in total. The first-order valence-electron chi connectivity index (χ1n) is 10.6. The van der Waals surface area contributed by atoms with E-state index in [1.54, 1.807) is 35.0 Å². The molecule has 1 saturated heterocycles. The zero-order chi connectivity index (χ0) is 22.3. The zero-order valence-electron chi connectivity index (χ0n) is 17.8. The number of hydrogen-bond acceptors (Lipinski definition) is 5. The quantitative estimate of drug-likeness (QED) is 0.676. The van der Waals surface area contributed by atoms with Gasteiger partial charge in [0.25, 0.3) is 5.91 Å². The number of carbonyl (C=O) groups excluding carboxylic acids is 3. The molecule has 0 radical (unpaired) electrons. The van der Waals surface area contributed by atoms with Crippen LogP contribution in [0.3, 0.4) is 0 Å². The van der Waals surface area contributed by atoms with Gasteiger partial charge in [0.2, 0.25) is 21.8 Å². The van der Waals surface area contributed by atoms with E-state index in [1.165, 1.54) is 10.6 Å². The Bertz CT molecular complexity index is 999. The first-order chi connectivity index (χ1) is 14.7. The molecule has 10 heteroatoms. The van der Waals surface area contributed by atoms with Crippen LogP contribution in [0.25, 0.3) is 0 Å². The molecule has 168 valence electrons. The van der Waals surface area contributed by atoms with E-state index in [-0.39, 0.29) is 36.3 Å². The number of nitrogens with one attached hydrogen (secondary N) is 1. The summed E-state index contributed by atoms with van der Waals surface area (Å²) in [5.41, 5.74) is 1.24. The summed E-state index contributed by atoms with van der Waals surface area (Å²) in [4.78, 5) is 41.7. The molecule has 3 amide bonds. The van der Waals surface area contributed by atoms with E-state index in [0.717, 1.165) is 12.8 Å². The standard InChI is InChI=1S/C21H28N4O5S/c1-23(31(2,29)30)14-9-11-24(12-10-14)18(26)13-22-20(27)19-16-5-3-4-6-17(16)21(28)25(19)15-7-8-15/h3-6,14-15,19H,7-13H2,1-2H3,(H,22,27). The fraction of sp³-hybridized carbons (Fsp3) is 0.571. The molecule has 4 rings (SSSR count). The number of rotatable bonds is 6. The van der Waals surface area contributed by atoms with Gasteiger partial charge in [-0.25, -0.2) is 12.7 Å². The normalized spacial score (nSPS) is 22.0. The Labute approximate surface area is 182 Å². The maximum Gasteiger partial charge on any atom is 0.255 e. The van der Waals surface area contributed by atoms with Gasteiger partial charge in [-0.15, -0.1) is 0 Å². The second kappa shape index (κ2) is 8.23. The Morgan fingerprint density at radius 2 is 1.77 bits per heavy atom. The molecule has 0 bridgehead atoms. The fourth-order valence-corrected chi connectivity index (χ4v) is 5.21. The molecule has 1 atom stereocenters. The maximum atomic E-state index is 13.0. The van der Waals surface area contributed by atoms with Gasteiger partial charge in [0.1, 0.15) is 6.04 Å². The van der Waals surface area contributed by atoms with Crippen molar-refractivity contribution in [2.24, 2.45) is 0 Å². The summed E-state index contributed by atoms with van der Waals surface area (Å²) in [6.07, 6.45) is 4.07. The molecule has 2 heterocycles. The molecule has 0 spiro atoms. The molecular formula is C21H28N4O5S. The number of carbonyl (C=O) groups is 3.